The lowest BCUT2D eigenvalue weighted by Crippen LogP contribution is -2.21. The third-order valence-corrected chi connectivity index (χ3v) is 2.66. The van der Waals surface area contributed by atoms with E-state index in [-0.39, 0.29) is 5.91 Å². The van der Waals surface area contributed by atoms with Crippen LogP contribution in [0.1, 0.15) is 28.4 Å². The van der Waals surface area contributed by atoms with E-state index in [1.807, 2.05) is 6.07 Å². The number of benzene rings is 1. The van der Waals surface area contributed by atoms with Crippen molar-refractivity contribution >= 4 is 11.8 Å². The van der Waals surface area contributed by atoms with Gasteiger partial charge in [0.2, 0.25) is 11.8 Å². The van der Waals surface area contributed by atoms with Gasteiger partial charge in [0.05, 0.1) is 0 Å². The Labute approximate surface area is 87.7 Å². The average molecular weight is 204 g/mol. The van der Waals surface area contributed by atoms with Gasteiger partial charge in [-0.1, -0.05) is 6.07 Å². The summed E-state index contributed by atoms with van der Waals surface area (Å²) in [6, 6.07) is 5.32. The van der Waals surface area contributed by atoms with E-state index < -0.39 is 5.91 Å². The molecule has 15 heavy (non-hydrogen) atoms. The lowest BCUT2D eigenvalue weighted by Gasteiger charge is -2.10. The van der Waals surface area contributed by atoms with Crippen LogP contribution in [0.5, 0.6) is 0 Å². The van der Waals surface area contributed by atoms with E-state index in [2.05, 4.69) is 0 Å². The van der Waals surface area contributed by atoms with Crippen LogP contribution in [0.25, 0.3) is 0 Å². The van der Waals surface area contributed by atoms with Crippen LogP contribution in [0.2, 0.25) is 0 Å². The van der Waals surface area contributed by atoms with Gasteiger partial charge in [0.25, 0.3) is 0 Å². The summed E-state index contributed by atoms with van der Waals surface area (Å²) < 4.78 is 0. The highest BCUT2D eigenvalue weighted by Gasteiger charge is 2.21. The molecule has 0 spiro atoms. The third kappa shape index (κ3) is 1.70. The Morgan fingerprint density at radius 2 is 1.93 bits per heavy atom. The molecule has 0 saturated carbocycles. The van der Waals surface area contributed by atoms with Crippen LogP contribution >= 0.6 is 0 Å². The molecule has 1 aromatic rings. The van der Waals surface area contributed by atoms with Gasteiger partial charge in [0.1, 0.15) is 0 Å². The Kier molecular flexibility index (Phi) is 2.19. The standard InChI is InChI=1S/C11H12N2O2/c1-7(14)13-5-9-3-2-8(11(12)15)4-10(9)6-13/h2-4H,5-6H2,1H3,(H2,12,15). The van der Waals surface area contributed by atoms with Crippen LogP contribution in [0, 0.1) is 0 Å². The van der Waals surface area contributed by atoms with Crippen molar-refractivity contribution in [3.63, 3.8) is 0 Å². The number of fused-ring (bicyclic) bond motifs is 1. The van der Waals surface area contributed by atoms with Crippen LogP contribution in [0.3, 0.4) is 0 Å². The van der Waals surface area contributed by atoms with Crippen LogP contribution in [0.4, 0.5) is 0 Å². The number of rotatable bonds is 1. The predicted octanol–water partition coefficient (Wildman–Crippen LogP) is 0.648. The van der Waals surface area contributed by atoms with Crippen molar-refractivity contribution < 1.29 is 9.59 Å². The smallest absolute Gasteiger partial charge is 0.248 e. The number of nitrogens with zero attached hydrogens (tertiary/aromatic N) is 1. The zero-order chi connectivity index (χ0) is 11.0. The number of carbonyl (C=O) groups is 2. The van der Waals surface area contributed by atoms with Gasteiger partial charge in [-0.15, -0.1) is 0 Å². The van der Waals surface area contributed by atoms with E-state index in [4.69, 9.17) is 5.73 Å². The Hall–Kier alpha value is -1.84. The summed E-state index contributed by atoms with van der Waals surface area (Å²) in [5, 5.41) is 0. The summed E-state index contributed by atoms with van der Waals surface area (Å²) in [7, 11) is 0. The minimum absolute atomic E-state index is 0.0480. The molecule has 1 aliphatic rings. The maximum absolute atomic E-state index is 11.2. The topological polar surface area (TPSA) is 63.4 Å². The highest BCUT2D eigenvalue weighted by molar-refractivity contribution is 5.93. The van der Waals surface area contributed by atoms with Crippen molar-refractivity contribution in [3.8, 4) is 0 Å². The maximum atomic E-state index is 11.2. The van der Waals surface area contributed by atoms with E-state index in [9.17, 15) is 9.59 Å². The molecule has 0 saturated heterocycles. The number of amides is 2. The van der Waals surface area contributed by atoms with E-state index in [0.29, 0.717) is 18.7 Å². The van der Waals surface area contributed by atoms with E-state index in [1.54, 1.807) is 24.0 Å². The Morgan fingerprint density at radius 1 is 1.27 bits per heavy atom. The number of hydrogen-bond acceptors (Lipinski definition) is 2. The van der Waals surface area contributed by atoms with Crippen molar-refractivity contribution in [2.45, 2.75) is 20.0 Å². The molecule has 1 aliphatic heterocycles. The van der Waals surface area contributed by atoms with Gasteiger partial charge in [-0.3, -0.25) is 9.59 Å². The van der Waals surface area contributed by atoms with Crippen LogP contribution < -0.4 is 5.73 Å². The molecule has 0 aliphatic carbocycles. The molecule has 0 atom stereocenters. The highest BCUT2D eigenvalue weighted by atomic mass is 16.2. The van der Waals surface area contributed by atoms with Gasteiger partial charge in [0.15, 0.2) is 0 Å². The molecule has 1 aromatic carbocycles. The second-order valence-corrected chi connectivity index (χ2v) is 3.72. The van der Waals surface area contributed by atoms with Crippen molar-refractivity contribution in [2.75, 3.05) is 0 Å². The van der Waals surface area contributed by atoms with Gasteiger partial charge in [0, 0.05) is 25.6 Å². The number of carbonyl (C=O) groups excluding carboxylic acids is 2. The fraction of sp³-hybridized carbons (Fsp3) is 0.273. The lowest BCUT2D eigenvalue weighted by molar-refractivity contribution is -0.129. The summed E-state index contributed by atoms with van der Waals surface area (Å²) in [5.41, 5.74) is 7.79. The first kappa shape index (κ1) is 9.71. The molecule has 2 rings (SSSR count). The first-order chi connectivity index (χ1) is 7.08. The number of hydrogen-bond donors (Lipinski definition) is 1. The summed E-state index contributed by atoms with van der Waals surface area (Å²) in [6.45, 7) is 2.75. The summed E-state index contributed by atoms with van der Waals surface area (Å²) >= 11 is 0. The van der Waals surface area contributed by atoms with Gasteiger partial charge < -0.3 is 10.6 Å². The van der Waals surface area contributed by atoms with Gasteiger partial charge in [-0.2, -0.15) is 0 Å². The number of nitrogens with two attached hydrogens (primary N) is 1. The number of primary amides is 1. The molecular weight excluding hydrogens is 192 g/mol. The molecule has 0 radical (unpaired) electrons. The second kappa shape index (κ2) is 3.38. The Morgan fingerprint density at radius 3 is 2.53 bits per heavy atom. The maximum Gasteiger partial charge on any atom is 0.248 e. The zero-order valence-electron chi connectivity index (χ0n) is 8.49. The molecule has 2 amide bonds. The summed E-state index contributed by atoms with van der Waals surface area (Å²) in [5.74, 6) is -0.383. The highest BCUT2D eigenvalue weighted by Crippen LogP contribution is 2.23. The van der Waals surface area contributed by atoms with Crippen LogP contribution in [-0.4, -0.2) is 16.7 Å². The molecule has 4 nitrogen and oxygen atoms in total. The molecule has 0 fully saturated rings. The Bertz CT molecular complexity index is 440. The zero-order valence-corrected chi connectivity index (χ0v) is 8.49. The molecule has 4 heteroatoms. The minimum Gasteiger partial charge on any atom is -0.366 e. The minimum atomic E-state index is -0.431. The summed E-state index contributed by atoms with van der Waals surface area (Å²) in [6.07, 6.45) is 0. The van der Waals surface area contributed by atoms with Crippen molar-refractivity contribution in [2.24, 2.45) is 5.73 Å². The van der Waals surface area contributed by atoms with Gasteiger partial charge >= 0.3 is 0 Å². The molecule has 78 valence electrons. The van der Waals surface area contributed by atoms with Crippen molar-refractivity contribution in [1.29, 1.82) is 0 Å². The van der Waals surface area contributed by atoms with E-state index in [1.165, 1.54) is 0 Å². The normalized spacial score (nSPS) is 13.8. The molecule has 1 heterocycles. The van der Waals surface area contributed by atoms with E-state index >= 15 is 0 Å². The first-order valence-electron chi connectivity index (χ1n) is 4.75. The lowest BCUT2D eigenvalue weighted by atomic mass is 10.1. The second-order valence-electron chi connectivity index (χ2n) is 3.72. The summed E-state index contributed by atoms with van der Waals surface area (Å²) in [4.78, 5) is 23.9. The molecule has 2 N–H and O–H groups in total. The van der Waals surface area contributed by atoms with Crippen LogP contribution in [-0.2, 0) is 17.9 Å². The largest absolute Gasteiger partial charge is 0.366 e. The van der Waals surface area contributed by atoms with Gasteiger partial charge in [-0.05, 0) is 23.3 Å². The van der Waals surface area contributed by atoms with E-state index in [0.717, 1.165) is 11.1 Å². The van der Waals surface area contributed by atoms with Crippen molar-refractivity contribution in [3.05, 3.63) is 34.9 Å². The van der Waals surface area contributed by atoms with Crippen molar-refractivity contribution in [1.82, 2.24) is 4.90 Å². The first-order valence-corrected chi connectivity index (χ1v) is 4.75. The molecular formula is C11H12N2O2. The quantitative estimate of drug-likeness (QED) is 0.729. The van der Waals surface area contributed by atoms with Crippen LogP contribution in [0.15, 0.2) is 18.2 Å². The average Bonchev–Trinajstić information content (AvgIpc) is 2.59. The Balaban J connectivity index is 2.31. The predicted molar refractivity (Wildman–Crippen MR) is 54.9 cm³/mol. The fourth-order valence-electron chi connectivity index (χ4n) is 1.77. The molecule has 0 bridgehead atoms. The van der Waals surface area contributed by atoms with Gasteiger partial charge in [-0.25, -0.2) is 0 Å². The third-order valence-electron chi connectivity index (χ3n) is 2.66. The fourth-order valence-corrected chi connectivity index (χ4v) is 1.77. The SMILES string of the molecule is CC(=O)N1Cc2ccc(C(N)=O)cc2C1. The molecule has 0 unspecified atom stereocenters. The monoisotopic (exact) mass is 204 g/mol. The molecule has 0 aromatic heterocycles.